The number of anilines is 2. The highest BCUT2D eigenvalue weighted by Crippen LogP contribution is 2.45. The molecule has 3 heterocycles. The normalized spacial score (nSPS) is 16.5. The van der Waals surface area contributed by atoms with Crippen molar-refractivity contribution in [2.75, 3.05) is 31.0 Å². The summed E-state index contributed by atoms with van der Waals surface area (Å²) in [5, 5.41) is 7.03. The third kappa shape index (κ3) is 5.37. The number of carbonyl (C=O) groups is 1. The predicted octanol–water partition coefficient (Wildman–Crippen LogP) is 6.19. The number of rotatable bonds is 8. The van der Waals surface area contributed by atoms with Crippen molar-refractivity contribution in [2.45, 2.75) is 46.7 Å². The number of ether oxygens (including phenoxy) is 2. The Morgan fingerprint density at radius 3 is 2.40 bits per heavy atom. The van der Waals surface area contributed by atoms with Gasteiger partial charge in [0.15, 0.2) is 5.11 Å². The van der Waals surface area contributed by atoms with E-state index in [1.54, 1.807) is 13.3 Å². The van der Waals surface area contributed by atoms with Crippen LogP contribution in [-0.2, 0) is 9.53 Å². The molecule has 0 bridgehead atoms. The lowest BCUT2D eigenvalue weighted by Crippen LogP contribution is -2.29. The average Bonchev–Trinajstić information content (AvgIpc) is 3.44. The van der Waals surface area contributed by atoms with Crippen LogP contribution < -0.4 is 20.3 Å². The maximum absolute atomic E-state index is 12.4. The molecule has 0 saturated carbocycles. The van der Waals surface area contributed by atoms with Gasteiger partial charge in [-0.1, -0.05) is 23.8 Å². The first-order chi connectivity index (χ1) is 20.1. The molecule has 1 aliphatic rings. The van der Waals surface area contributed by atoms with E-state index < -0.39 is 0 Å². The summed E-state index contributed by atoms with van der Waals surface area (Å²) in [6.45, 7) is 10.7. The summed E-state index contributed by atoms with van der Waals surface area (Å²) >= 11 is 5.98. The Morgan fingerprint density at radius 2 is 1.76 bits per heavy atom. The SMILES string of the molecule is COCC(=O)Nc1cc(N2C(=S)N[C@H](c3ccccn3)[C@H]2c2cc(C)n(-c3c(C)cc(C)cc3C)c2C)ccc1OC. The molecule has 0 unspecified atom stereocenters. The fourth-order valence-electron chi connectivity index (χ4n) is 6.17. The van der Waals surface area contributed by atoms with Crippen LogP contribution in [0.4, 0.5) is 11.4 Å². The second-order valence-corrected chi connectivity index (χ2v) is 11.2. The van der Waals surface area contributed by atoms with Crippen molar-refractivity contribution in [1.82, 2.24) is 14.9 Å². The van der Waals surface area contributed by atoms with Crippen LogP contribution in [0.5, 0.6) is 5.75 Å². The number of amides is 1. The van der Waals surface area contributed by atoms with Gasteiger partial charge in [-0.3, -0.25) is 9.78 Å². The van der Waals surface area contributed by atoms with Gasteiger partial charge in [0.1, 0.15) is 12.4 Å². The minimum atomic E-state index is -0.273. The molecule has 218 valence electrons. The Kier molecular flexibility index (Phi) is 8.34. The van der Waals surface area contributed by atoms with Crippen molar-refractivity contribution in [1.29, 1.82) is 0 Å². The van der Waals surface area contributed by atoms with E-state index in [1.807, 2.05) is 36.4 Å². The van der Waals surface area contributed by atoms with Crippen molar-refractivity contribution < 1.29 is 14.3 Å². The summed E-state index contributed by atoms with van der Waals surface area (Å²) in [6, 6.07) is 17.9. The van der Waals surface area contributed by atoms with E-state index in [0.29, 0.717) is 16.5 Å². The minimum Gasteiger partial charge on any atom is -0.495 e. The van der Waals surface area contributed by atoms with E-state index in [9.17, 15) is 4.79 Å². The zero-order chi connectivity index (χ0) is 30.1. The molecule has 42 heavy (non-hydrogen) atoms. The molecule has 2 N–H and O–H groups in total. The number of aromatic nitrogens is 2. The van der Waals surface area contributed by atoms with Crippen LogP contribution in [0.25, 0.3) is 5.69 Å². The summed E-state index contributed by atoms with van der Waals surface area (Å²) in [7, 11) is 3.06. The van der Waals surface area contributed by atoms with Crippen molar-refractivity contribution in [3.05, 3.63) is 100 Å². The molecule has 9 heteroatoms. The first kappa shape index (κ1) is 29.3. The molecule has 4 aromatic rings. The van der Waals surface area contributed by atoms with Crippen molar-refractivity contribution in [2.24, 2.45) is 0 Å². The van der Waals surface area contributed by atoms with Gasteiger partial charge in [-0.05, 0) is 99.9 Å². The highest BCUT2D eigenvalue weighted by Gasteiger charge is 2.42. The van der Waals surface area contributed by atoms with Crippen LogP contribution in [0.3, 0.4) is 0 Å². The number of pyridine rings is 1. The van der Waals surface area contributed by atoms with E-state index in [2.05, 4.69) is 72.9 Å². The van der Waals surface area contributed by atoms with Crippen molar-refractivity contribution in [3.63, 3.8) is 0 Å². The molecule has 5 rings (SSSR count). The zero-order valence-corrected chi connectivity index (χ0v) is 25.9. The molecule has 0 spiro atoms. The maximum atomic E-state index is 12.4. The van der Waals surface area contributed by atoms with Gasteiger partial charge >= 0.3 is 0 Å². The summed E-state index contributed by atoms with van der Waals surface area (Å²) in [5.74, 6) is 0.271. The van der Waals surface area contributed by atoms with Crippen LogP contribution in [0, 0.1) is 34.6 Å². The van der Waals surface area contributed by atoms with Crippen LogP contribution >= 0.6 is 12.2 Å². The molecule has 0 radical (unpaired) electrons. The standard InChI is InChI=1S/C33H37N5O3S/c1-19-14-20(2)31(21(3)15-19)37-22(4)16-25(23(37)5)32-30(26-10-8-9-13-34-26)36-33(42)38(32)24-11-12-28(41-7)27(17-24)35-29(39)18-40-6/h8-17,30,32H,18H2,1-7H3,(H,35,39)(H,36,42)/t30-,32-/m1/s1. The van der Waals surface area contributed by atoms with Crippen LogP contribution in [0.1, 0.15) is 51.4 Å². The van der Waals surface area contributed by atoms with Gasteiger partial charge in [0.2, 0.25) is 5.91 Å². The molecular weight excluding hydrogens is 546 g/mol. The van der Waals surface area contributed by atoms with Crippen molar-refractivity contribution >= 4 is 34.6 Å². The number of nitrogens with one attached hydrogen (secondary N) is 2. The predicted molar refractivity (Wildman–Crippen MR) is 171 cm³/mol. The van der Waals surface area contributed by atoms with Gasteiger partial charge in [0, 0.05) is 30.4 Å². The summed E-state index contributed by atoms with van der Waals surface area (Å²) in [6.07, 6.45) is 1.80. The summed E-state index contributed by atoms with van der Waals surface area (Å²) in [4.78, 5) is 19.3. The van der Waals surface area contributed by atoms with E-state index in [1.165, 1.54) is 29.5 Å². The quantitative estimate of drug-likeness (QED) is 0.240. The molecule has 0 aliphatic carbocycles. The molecule has 1 fully saturated rings. The molecule has 2 atom stereocenters. The number of carbonyl (C=O) groups excluding carboxylic acids is 1. The summed E-state index contributed by atoms with van der Waals surface area (Å²) < 4.78 is 12.9. The molecule has 1 saturated heterocycles. The number of methoxy groups -OCH3 is 2. The fourth-order valence-corrected chi connectivity index (χ4v) is 6.51. The number of hydrogen-bond acceptors (Lipinski definition) is 5. The second kappa shape index (κ2) is 12.0. The first-order valence-corrected chi connectivity index (χ1v) is 14.3. The Hall–Kier alpha value is -4.21. The van der Waals surface area contributed by atoms with E-state index in [0.717, 1.165) is 28.3 Å². The highest BCUT2D eigenvalue weighted by atomic mass is 32.1. The van der Waals surface area contributed by atoms with Gasteiger partial charge in [0.25, 0.3) is 0 Å². The molecule has 2 aromatic heterocycles. The third-order valence-electron chi connectivity index (χ3n) is 7.76. The lowest BCUT2D eigenvalue weighted by molar-refractivity contribution is -0.119. The zero-order valence-electron chi connectivity index (χ0n) is 25.1. The van der Waals surface area contributed by atoms with E-state index >= 15 is 0 Å². The molecule has 1 aliphatic heterocycles. The Labute approximate surface area is 252 Å². The lowest BCUT2D eigenvalue weighted by atomic mass is 9.96. The largest absolute Gasteiger partial charge is 0.495 e. The van der Waals surface area contributed by atoms with Crippen molar-refractivity contribution in [3.8, 4) is 11.4 Å². The Balaban J connectivity index is 1.68. The van der Waals surface area contributed by atoms with E-state index in [-0.39, 0.29) is 24.6 Å². The van der Waals surface area contributed by atoms with E-state index in [4.69, 9.17) is 26.7 Å². The minimum absolute atomic E-state index is 0.0642. The van der Waals surface area contributed by atoms with Crippen LogP contribution in [0.15, 0.2) is 60.8 Å². The molecule has 2 aromatic carbocycles. The number of thiocarbonyl (C=S) groups is 1. The number of aryl methyl sites for hydroxylation is 4. The monoisotopic (exact) mass is 583 g/mol. The van der Waals surface area contributed by atoms with Crippen LogP contribution in [-0.4, -0.2) is 41.4 Å². The Morgan fingerprint density at radius 1 is 1.02 bits per heavy atom. The van der Waals surface area contributed by atoms with Crippen LogP contribution in [0.2, 0.25) is 0 Å². The van der Waals surface area contributed by atoms with Gasteiger partial charge in [-0.2, -0.15) is 0 Å². The second-order valence-electron chi connectivity index (χ2n) is 10.8. The number of hydrogen-bond donors (Lipinski definition) is 2. The van der Waals surface area contributed by atoms with Gasteiger partial charge < -0.3 is 29.6 Å². The number of benzene rings is 2. The lowest BCUT2D eigenvalue weighted by Gasteiger charge is -2.29. The first-order valence-electron chi connectivity index (χ1n) is 13.9. The van der Waals surface area contributed by atoms with Gasteiger partial charge in [0.05, 0.1) is 36.3 Å². The average molecular weight is 584 g/mol. The fraction of sp³-hybridized carbons (Fsp3) is 0.303. The maximum Gasteiger partial charge on any atom is 0.250 e. The third-order valence-corrected chi connectivity index (χ3v) is 8.07. The smallest absolute Gasteiger partial charge is 0.250 e. The highest BCUT2D eigenvalue weighted by molar-refractivity contribution is 7.80. The summed E-state index contributed by atoms with van der Waals surface area (Å²) in [5.41, 5.74) is 10.5. The van der Waals surface area contributed by atoms with Gasteiger partial charge in [-0.25, -0.2) is 0 Å². The molecular formula is C33H37N5O3S. The topological polar surface area (TPSA) is 80.7 Å². The number of nitrogens with zero attached hydrogens (tertiary/aromatic N) is 3. The van der Waals surface area contributed by atoms with Gasteiger partial charge in [-0.15, -0.1) is 0 Å². The Bertz CT molecular complexity index is 1630. The molecule has 8 nitrogen and oxygen atoms in total. The molecule has 1 amide bonds.